The monoisotopic (exact) mass is 408 g/mol. The minimum atomic E-state index is -0.339. The Bertz CT molecular complexity index is 767. The van der Waals surface area contributed by atoms with E-state index >= 15 is 0 Å². The zero-order valence-electron chi connectivity index (χ0n) is 16.3. The molecule has 0 aliphatic heterocycles. The summed E-state index contributed by atoms with van der Waals surface area (Å²) in [5, 5.41) is 11.3. The number of aromatic nitrogens is 2. The van der Waals surface area contributed by atoms with Crippen molar-refractivity contribution in [1.29, 1.82) is 0 Å². The topological polar surface area (TPSA) is 73.8 Å². The van der Waals surface area contributed by atoms with Gasteiger partial charge in [-0.05, 0) is 36.2 Å². The summed E-state index contributed by atoms with van der Waals surface area (Å²) in [5.74, 6) is 1.60. The van der Waals surface area contributed by atoms with Gasteiger partial charge in [-0.3, -0.25) is 4.84 Å². The van der Waals surface area contributed by atoms with Gasteiger partial charge in [0, 0.05) is 51.1 Å². The van der Waals surface area contributed by atoms with Gasteiger partial charge in [-0.15, -0.1) is 14.7 Å². The molecule has 27 heavy (non-hydrogen) atoms. The molecule has 0 aliphatic rings. The summed E-state index contributed by atoms with van der Waals surface area (Å²) < 4.78 is 1.16. The van der Waals surface area contributed by atoms with Crippen molar-refractivity contribution in [2.45, 2.75) is 9.79 Å². The predicted octanol–water partition coefficient (Wildman–Crippen LogP) is 3.43. The normalized spacial score (nSPS) is 10.4. The van der Waals surface area contributed by atoms with Crippen LogP contribution in [0.15, 0.2) is 40.1 Å². The van der Waals surface area contributed by atoms with E-state index in [0.29, 0.717) is 5.69 Å². The van der Waals surface area contributed by atoms with Crippen LogP contribution in [0.1, 0.15) is 0 Å². The van der Waals surface area contributed by atoms with E-state index in [1.165, 1.54) is 19.1 Å². The second kappa shape index (κ2) is 9.67. The maximum atomic E-state index is 12.0. The average molecular weight is 409 g/mol. The maximum absolute atomic E-state index is 12.0. The molecule has 0 fully saturated rings. The summed E-state index contributed by atoms with van der Waals surface area (Å²) in [6.45, 7) is 0. The number of rotatable bonds is 7. The Morgan fingerprint density at radius 1 is 1.07 bits per heavy atom. The number of nitrogens with zero attached hydrogens (tertiary/aromatic N) is 5. The van der Waals surface area contributed by atoms with Crippen molar-refractivity contribution in [3.63, 3.8) is 0 Å². The molecule has 146 valence electrons. The molecular formula is C17H24N6O2S2. The quantitative estimate of drug-likeness (QED) is 0.552. The van der Waals surface area contributed by atoms with E-state index < -0.39 is 0 Å². The largest absolute Gasteiger partial charge is 0.361 e. The van der Waals surface area contributed by atoms with Gasteiger partial charge in [0.1, 0.15) is 0 Å². The van der Waals surface area contributed by atoms with Gasteiger partial charge in [-0.2, -0.15) is 0 Å². The molecule has 8 nitrogen and oxygen atoms in total. The smallest absolute Gasteiger partial charge is 0.356 e. The molecule has 1 aromatic heterocycles. The lowest BCUT2D eigenvalue weighted by Gasteiger charge is -2.18. The van der Waals surface area contributed by atoms with Crippen molar-refractivity contribution in [2.75, 3.05) is 56.7 Å². The zero-order chi connectivity index (χ0) is 20.0. The highest BCUT2D eigenvalue weighted by Gasteiger charge is 2.14. The van der Waals surface area contributed by atoms with Gasteiger partial charge in [0.15, 0.2) is 11.6 Å². The Kier molecular flexibility index (Phi) is 7.57. The lowest BCUT2D eigenvalue weighted by molar-refractivity contribution is 0.00527. The van der Waals surface area contributed by atoms with Crippen molar-refractivity contribution in [1.82, 2.24) is 14.7 Å². The maximum Gasteiger partial charge on any atom is 0.356 e. The third kappa shape index (κ3) is 5.65. The van der Waals surface area contributed by atoms with Crippen LogP contribution < -0.4 is 15.1 Å². The summed E-state index contributed by atoms with van der Waals surface area (Å²) in [6.07, 6.45) is 1.76. The number of anilines is 3. The Labute approximate surface area is 168 Å². The van der Waals surface area contributed by atoms with Crippen LogP contribution in [0.3, 0.4) is 0 Å². The van der Waals surface area contributed by atoms with Gasteiger partial charge in [0.2, 0.25) is 0 Å². The van der Waals surface area contributed by atoms with Gasteiger partial charge in [0.25, 0.3) is 0 Å². The Hall–Kier alpha value is -2.17. The van der Waals surface area contributed by atoms with Gasteiger partial charge in [0.05, 0.1) is 12.0 Å². The van der Waals surface area contributed by atoms with Crippen molar-refractivity contribution < 1.29 is 9.63 Å². The van der Waals surface area contributed by atoms with Gasteiger partial charge >= 0.3 is 6.03 Å². The molecule has 0 radical (unpaired) electrons. The van der Waals surface area contributed by atoms with E-state index in [4.69, 9.17) is 4.84 Å². The highest BCUT2D eigenvalue weighted by molar-refractivity contribution is 7.99. The molecule has 10 heteroatoms. The summed E-state index contributed by atoms with van der Waals surface area (Å²) in [5.41, 5.74) is 0.690. The van der Waals surface area contributed by atoms with Crippen molar-refractivity contribution in [3.8, 4) is 0 Å². The molecule has 1 aromatic carbocycles. The van der Waals surface area contributed by atoms with E-state index in [-0.39, 0.29) is 6.03 Å². The average Bonchev–Trinajstić information content (AvgIpc) is 2.64. The third-order valence-electron chi connectivity index (χ3n) is 3.44. The van der Waals surface area contributed by atoms with Crippen LogP contribution in [0.25, 0.3) is 0 Å². The fourth-order valence-electron chi connectivity index (χ4n) is 2.10. The molecule has 0 bridgehead atoms. The second-order valence-corrected chi connectivity index (χ2v) is 7.67. The number of benzene rings is 1. The van der Waals surface area contributed by atoms with Crippen molar-refractivity contribution >= 4 is 47.1 Å². The Morgan fingerprint density at radius 3 is 2.26 bits per heavy atom. The number of carbonyl (C=O) groups excluding carboxylic acids is 1. The molecule has 2 amide bonds. The highest BCUT2D eigenvalue weighted by atomic mass is 32.2. The lowest BCUT2D eigenvalue weighted by Crippen LogP contribution is -2.27. The van der Waals surface area contributed by atoms with Crippen LogP contribution in [-0.4, -0.2) is 62.3 Å². The van der Waals surface area contributed by atoms with Crippen LogP contribution in [0.2, 0.25) is 0 Å². The van der Waals surface area contributed by atoms with Crippen LogP contribution in [0, 0.1) is 0 Å². The highest BCUT2D eigenvalue weighted by Crippen LogP contribution is 2.35. The first kappa shape index (κ1) is 21.1. The molecule has 0 saturated carbocycles. The van der Waals surface area contributed by atoms with Gasteiger partial charge in [-0.25, -0.2) is 4.79 Å². The Morgan fingerprint density at radius 2 is 1.74 bits per heavy atom. The molecule has 1 heterocycles. The second-order valence-electron chi connectivity index (χ2n) is 5.86. The molecule has 0 atom stereocenters. The first-order chi connectivity index (χ1) is 12.8. The molecule has 0 unspecified atom stereocenters. The SMILES string of the molecule is CON(SC)C(=O)Nc1ccc(Sc2cc(N(C)C)nnc2N(C)C)cc1. The first-order valence-corrected chi connectivity index (χ1v) is 10.0. The van der Waals surface area contributed by atoms with Crippen LogP contribution in [-0.2, 0) is 4.84 Å². The van der Waals surface area contributed by atoms with Crippen molar-refractivity contribution in [3.05, 3.63) is 30.3 Å². The molecule has 0 spiro atoms. The Balaban J connectivity index is 2.16. The molecule has 0 aliphatic carbocycles. The molecule has 2 rings (SSSR count). The fraction of sp³-hybridized carbons (Fsp3) is 0.353. The van der Waals surface area contributed by atoms with E-state index in [0.717, 1.165) is 25.9 Å². The van der Waals surface area contributed by atoms with Crippen LogP contribution >= 0.6 is 23.7 Å². The standard InChI is InChI=1S/C17H24N6O2S2/c1-21(2)15-11-14(16(20-19-15)22(3)4)27-13-9-7-12(8-10-13)18-17(24)23(25-5)26-6/h7-11H,1-6H3,(H,18,24). The number of nitrogens with one attached hydrogen (secondary N) is 1. The van der Waals surface area contributed by atoms with Gasteiger partial charge in [-0.1, -0.05) is 11.8 Å². The van der Waals surface area contributed by atoms with Gasteiger partial charge < -0.3 is 15.1 Å². The molecule has 0 saturated heterocycles. The predicted molar refractivity (Wildman–Crippen MR) is 113 cm³/mol. The van der Waals surface area contributed by atoms with Crippen LogP contribution in [0.4, 0.5) is 22.1 Å². The summed E-state index contributed by atoms with van der Waals surface area (Å²) in [6, 6.07) is 9.28. The minimum absolute atomic E-state index is 0.339. The number of urea groups is 1. The lowest BCUT2D eigenvalue weighted by atomic mass is 10.3. The molecule has 1 N–H and O–H groups in total. The number of hydroxylamine groups is 1. The minimum Gasteiger partial charge on any atom is -0.361 e. The first-order valence-electron chi connectivity index (χ1n) is 8.05. The number of hydrogen-bond acceptors (Lipinski definition) is 8. The van der Waals surface area contributed by atoms with Crippen molar-refractivity contribution in [2.24, 2.45) is 0 Å². The summed E-state index contributed by atoms with van der Waals surface area (Å²) in [7, 11) is 9.19. The van der Waals surface area contributed by atoms with Crippen LogP contribution in [0.5, 0.6) is 0 Å². The zero-order valence-corrected chi connectivity index (χ0v) is 17.9. The number of amides is 2. The molecular weight excluding hydrogens is 384 g/mol. The van der Waals surface area contributed by atoms with E-state index in [1.807, 2.05) is 68.3 Å². The number of hydrogen-bond donors (Lipinski definition) is 1. The third-order valence-corrected chi connectivity index (χ3v) is 5.12. The number of carbonyl (C=O) groups is 1. The van der Waals surface area contributed by atoms with E-state index in [2.05, 4.69) is 15.5 Å². The van der Waals surface area contributed by atoms with E-state index in [1.54, 1.807) is 18.0 Å². The fourth-order valence-corrected chi connectivity index (χ4v) is 3.47. The van der Waals surface area contributed by atoms with E-state index in [9.17, 15) is 4.79 Å². The summed E-state index contributed by atoms with van der Waals surface area (Å²) >= 11 is 2.78. The molecule has 2 aromatic rings. The summed E-state index contributed by atoms with van der Waals surface area (Å²) in [4.78, 5) is 22.9.